The average molecular weight is 185 g/mol. The molecule has 2 N–H and O–H groups in total. The van der Waals surface area contributed by atoms with E-state index < -0.39 is 0 Å². The van der Waals surface area contributed by atoms with Crippen molar-refractivity contribution in [3.8, 4) is 0 Å². The molecule has 14 heavy (non-hydrogen) atoms. The lowest BCUT2D eigenvalue weighted by atomic mass is 10.1. The maximum absolute atomic E-state index is 5.99. The molecule has 2 aromatic rings. The third-order valence-electron chi connectivity index (χ3n) is 2.69. The van der Waals surface area contributed by atoms with Crippen LogP contribution >= 0.6 is 0 Å². The highest BCUT2D eigenvalue weighted by Crippen LogP contribution is 2.11. The highest BCUT2D eigenvalue weighted by atomic mass is 16.3. The summed E-state index contributed by atoms with van der Waals surface area (Å²) in [5.41, 5.74) is 8.81. The molecule has 3 rings (SSSR count). The Kier molecular flexibility index (Phi) is 1.45. The highest BCUT2D eigenvalue weighted by molar-refractivity contribution is 5.80. The van der Waals surface area contributed by atoms with Crippen LogP contribution in [-0.4, -0.2) is 0 Å². The molecule has 70 valence electrons. The number of nitrogens with two attached hydrogens (primary N) is 1. The van der Waals surface area contributed by atoms with Gasteiger partial charge in [-0.25, -0.2) is 0 Å². The molecular weight excluding hydrogens is 174 g/mol. The van der Waals surface area contributed by atoms with Crippen LogP contribution in [-0.2, 0) is 0 Å². The van der Waals surface area contributed by atoms with Crippen molar-refractivity contribution >= 4 is 22.7 Å². The van der Waals surface area contributed by atoms with E-state index in [1.165, 1.54) is 0 Å². The molecule has 0 atom stereocenters. The Morgan fingerprint density at radius 1 is 1.21 bits per heavy atom. The second-order valence-electron chi connectivity index (χ2n) is 3.61. The van der Waals surface area contributed by atoms with Gasteiger partial charge < -0.3 is 10.2 Å². The first kappa shape index (κ1) is 7.68. The minimum absolute atomic E-state index is 0.929. The van der Waals surface area contributed by atoms with Gasteiger partial charge >= 0.3 is 0 Å². The molecule has 0 aliphatic heterocycles. The number of furan rings is 1. The van der Waals surface area contributed by atoms with Crippen molar-refractivity contribution in [3.05, 3.63) is 34.9 Å². The standard InChI is InChI=1S/C12H11NO/c13-9-5-3-7-11-12(9)8-4-1-2-6-10(8)14-11/h1-2,4,6-7H,3,5,13H2. The number of fused-ring (bicyclic) bond motifs is 3. The fourth-order valence-corrected chi connectivity index (χ4v) is 2.02. The summed E-state index contributed by atoms with van der Waals surface area (Å²) < 4.78 is 5.70. The van der Waals surface area contributed by atoms with Crippen LogP contribution in [0.3, 0.4) is 0 Å². The van der Waals surface area contributed by atoms with E-state index in [1.54, 1.807) is 0 Å². The lowest BCUT2D eigenvalue weighted by Gasteiger charge is -2.00. The summed E-state index contributed by atoms with van der Waals surface area (Å²) in [6.45, 7) is 0. The first-order valence-corrected chi connectivity index (χ1v) is 4.82. The molecule has 2 nitrogen and oxygen atoms in total. The van der Waals surface area contributed by atoms with Gasteiger partial charge in [-0.3, -0.25) is 0 Å². The van der Waals surface area contributed by atoms with E-state index in [0.717, 1.165) is 40.1 Å². The van der Waals surface area contributed by atoms with Crippen LogP contribution in [0.1, 0.15) is 12.8 Å². The van der Waals surface area contributed by atoms with Crippen LogP contribution in [0.2, 0.25) is 0 Å². The topological polar surface area (TPSA) is 39.2 Å². The van der Waals surface area contributed by atoms with Crippen molar-refractivity contribution in [3.63, 3.8) is 0 Å². The molecule has 1 heterocycles. The van der Waals surface area contributed by atoms with Crippen molar-refractivity contribution in [2.24, 2.45) is 5.73 Å². The van der Waals surface area contributed by atoms with Gasteiger partial charge in [0, 0.05) is 16.3 Å². The fourth-order valence-electron chi connectivity index (χ4n) is 2.02. The molecule has 1 aromatic carbocycles. The second-order valence-corrected chi connectivity index (χ2v) is 3.61. The zero-order valence-corrected chi connectivity index (χ0v) is 7.79. The minimum Gasteiger partial charge on any atom is -0.456 e. The summed E-state index contributed by atoms with van der Waals surface area (Å²) in [5.74, 6) is 0. The van der Waals surface area contributed by atoms with Gasteiger partial charge in [0.2, 0.25) is 0 Å². The molecule has 0 unspecified atom stereocenters. The molecule has 2 heteroatoms. The largest absolute Gasteiger partial charge is 0.456 e. The molecule has 1 aromatic heterocycles. The van der Waals surface area contributed by atoms with Crippen LogP contribution in [0.5, 0.6) is 0 Å². The Hall–Kier alpha value is -1.70. The van der Waals surface area contributed by atoms with Crippen molar-refractivity contribution in [1.29, 1.82) is 0 Å². The normalized spacial score (nSPS) is 15.3. The third-order valence-corrected chi connectivity index (χ3v) is 2.69. The molecule has 0 bridgehead atoms. The summed E-state index contributed by atoms with van der Waals surface area (Å²) in [4.78, 5) is 0. The van der Waals surface area contributed by atoms with Crippen molar-refractivity contribution in [2.75, 3.05) is 0 Å². The SMILES string of the molecule is NC1=c2c(oc3ccccc23)=CCC1. The molecule has 1 aliphatic rings. The number of para-hydroxylation sites is 1. The van der Waals surface area contributed by atoms with Crippen LogP contribution in [0.25, 0.3) is 22.7 Å². The van der Waals surface area contributed by atoms with E-state index in [-0.39, 0.29) is 0 Å². The van der Waals surface area contributed by atoms with E-state index in [4.69, 9.17) is 10.2 Å². The number of hydrogen-bond donors (Lipinski definition) is 1. The summed E-state index contributed by atoms with van der Waals surface area (Å²) >= 11 is 0. The van der Waals surface area contributed by atoms with Gasteiger partial charge in [-0.15, -0.1) is 0 Å². The third kappa shape index (κ3) is 0.909. The summed E-state index contributed by atoms with van der Waals surface area (Å²) in [7, 11) is 0. The van der Waals surface area contributed by atoms with Crippen LogP contribution in [0.15, 0.2) is 28.7 Å². The van der Waals surface area contributed by atoms with E-state index in [2.05, 4.69) is 12.1 Å². The monoisotopic (exact) mass is 185 g/mol. The zero-order valence-electron chi connectivity index (χ0n) is 7.79. The second kappa shape index (κ2) is 2.64. The van der Waals surface area contributed by atoms with Gasteiger partial charge in [0.25, 0.3) is 0 Å². The van der Waals surface area contributed by atoms with E-state index in [1.807, 2.05) is 18.2 Å². The van der Waals surface area contributed by atoms with Crippen molar-refractivity contribution in [1.82, 2.24) is 0 Å². The highest BCUT2D eigenvalue weighted by Gasteiger charge is 2.08. The predicted molar refractivity (Wildman–Crippen MR) is 56.8 cm³/mol. The fraction of sp³-hybridized carbons (Fsp3) is 0.167. The van der Waals surface area contributed by atoms with Crippen LogP contribution in [0, 0.1) is 0 Å². The maximum Gasteiger partial charge on any atom is 0.135 e. The van der Waals surface area contributed by atoms with Crippen molar-refractivity contribution < 1.29 is 4.42 Å². The minimum atomic E-state index is 0.929. The molecule has 0 fully saturated rings. The summed E-state index contributed by atoms with van der Waals surface area (Å²) in [5, 5.41) is 2.24. The number of rotatable bonds is 0. The van der Waals surface area contributed by atoms with E-state index in [0.29, 0.717) is 0 Å². The zero-order chi connectivity index (χ0) is 9.54. The van der Waals surface area contributed by atoms with Crippen LogP contribution in [0.4, 0.5) is 0 Å². The molecule has 0 radical (unpaired) electrons. The van der Waals surface area contributed by atoms with E-state index >= 15 is 0 Å². The number of benzene rings is 1. The summed E-state index contributed by atoms with van der Waals surface area (Å²) in [6, 6.07) is 8.03. The Morgan fingerprint density at radius 2 is 2.07 bits per heavy atom. The quantitative estimate of drug-likeness (QED) is 0.667. The Morgan fingerprint density at radius 3 is 3.00 bits per heavy atom. The van der Waals surface area contributed by atoms with Gasteiger partial charge in [0.05, 0.1) is 0 Å². The Bertz CT molecular complexity index is 607. The van der Waals surface area contributed by atoms with Gasteiger partial charge in [0.1, 0.15) is 11.0 Å². The maximum atomic E-state index is 5.99. The van der Waals surface area contributed by atoms with Crippen molar-refractivity contribution in [2.45, 2.75) is 12.8 Å². The van der Waals surface area contributed by atoms with Gasteiger partial charge in [-0.1, -0.05) is 18.2 Å². The molecule has 1 aliphatic carbocycles. The average Bonchev–Trinajstić information content (AvgIpc) is 2.57. The Labute approximate surface area is 81.3 Å². The lowest BCUT2D eigenvalue weighted by molar-refractivity contribution is 0.571. The molecule has 0 amide bonds. The van der Waals surface area contributed by atoms with Gasteiger partial charge in [-0.2, -0.15) is 0 Å². The molecular formula is C12H11NO. The smallest absolute Gasteiger partial charge is 0.135 e. The van der Waals surface area contributed by atoms with Crippen LogP contribution < -0.4 is 16.4 Å². The first-order valence-electron chi connectivity index (χ1n) is 4.82. The Balaban J connectivity index is 2.66. The molecule has 0 saturated heterocycles. The van der Waals surface area contributed by atoms with E-state index in [9.17, 15) is 0 Å². The lowest BCUT2D eigenvalue weighted by Crippen LogP contribution is -2.29. The molecule has 0 spiro atoms. The molecule has 0 saturated carbocycles. The van der Waals surface area contributed by atoms with Gasteiger partial charge in [0.15, 0.2) is 0 Å². The predicted octanol–water partition coefficient (Wildman–Crippen LogP) is 1.07. The van der Waals surface area contributed by atoms with Gasteiger partial charge in [-0.05, 0) is 25.0 Å². The number of hydrogen-bond acceptors (Lipinski definition) is 2. The first-order chi connectivity index (χ1) is 6.86. The summed E-state index contributed by atoms with van der Waals surface area (Å²) in [6.07, 6.45) is 4.04.